The molecule has 0 aromatic carbocycles. The molecule has 1 unspecified atom stereocenters. The maximum atomic E-state index is 3.86. The Labute approximate surface area is 85.1 Å². The summed E-state index contributed by atoms with van der Waals surface area (Å²) in [4.78, 5) is 0. The van der Waals surface area contributed by atoms with Crippen molar-refractivity contribution in [2.75, 3.05) is 0 Å². The van der Waals surface area contributed by atoms with Crippen LogP contribution in [0, 0.1) is 12.8 Å². The van der Waals surface area contributed by atoms with Crippen LogP contribution in [0.4, 0.5) is 0 Å². The van der Waals surface area contributed by atoms with E-state index < -0.39 is 0 Å². The van der Waals surface area contributed by atoms with Gasteiger partial charge >= 0.3 is 0 Å². The Balaban J connectivity index is 3.17. The first-order chi connectivity index (χ1) is 6.35. The number of hydrogen-bond donors (Lipinski definition) is 0. The summed E-state index contributed by atoms with van der Waals surface area (Å²) in [5, 5.41) is 0. The van der Waals surface area contributed by atoms with Gasteiger partial charge in [-0.25, -0.2) is 0 Å². The third-order valence-electron chi connectivity index (χ3n) is 2.89. The van der Waals surface area contributed by atoms with Gasteiger partial charge in [-0.3, -0.25) is 0 Å². The smallest absolute Gasteiger partial charge is 0.0417 e. The molecule has 0 aliphatic carbocycles. The lowest BCUT2D eigenvalue weighted by Crippen LogP contribution is -1.97. The van der Waals surface area contributed by atoms with Crippen molar-refractivity contribution in [3.05, 3.63) is 6.92 Å². The summed E-state index contributed by atoms with van der Waals surface area (Å²) in [5.41, 5.74) is 0. The molecule has 0 rings (SSSR count). The second-order valence-electron chi connectivity index (χ2n) is 4.12. The van der Waals surface area contributed by atoms with Crippen molar-refractivity contribution in [2.24, 2.45) is 5.92 Å². The highest BCUT2D eigenvalue weighted by Gasteiger charge is 2.03. The standard InChI is InChI=1S/C13H27/c1-4-7-8-9-10-12-13(6-3)11-5-2/h13H,1,4-12H2,2-3H3. The molecular formula is C13H27. The highest BCUT2D eigenvalue weighted by molar-refractivity contribution is 4.57. The molecule has 13 heavy (non-hydrogen) atoms. The van der Waals surface area contributed by atoms with Crippen molar-refractivity contribution < 1.29 is 0 Å². The molecule has 0 heterocycles. The summed E-state index contributed by atoms with van der Waals surface area (Å²) >= 11 is 0. The Bertz CT molecular complexity index is 86.0. The highest BCUT2D eigenvalue weighted by Crippen LogP contribution is 2.19. The van der Waals surface area contributed by atoms with E-state index in [1.807, 2.05) is 0 Å². The summed E-state index contributed by atoms with van der Waals surface area (Å²) in [6.07, 6.45) is 12.3. The van der Waals surface area contributed by atoms with Crippen LogP contribution in [0.3, 0.4) is 0 Å². The average Bonchev–Trinajstić information content (AvgIpc) is 2.16. The normalized spacial score (nSPS) is 13.2. The van der Waals surface area contributed by atoms with Gasteiger partial charge in [-0.1, -0.05) is 78.6 Å². The van der Waals surface area contributed by atoms with Gasteiger partial charge in [0.25, 0.3) is 0 Å². The Kier molecular flexibility index (Phi) is 10.1. The first kappa shape index (κ1) is 13.0. The van der Waals surface area contributed by atoms with Crippen molar-refractivity contribution in [1.29, 1.82) is 0 Å². The summed E-state index contributed by atoms with van der Waals surface area (Å²) in [5.74, 6) is 1.00. The molecule has 0 fully saturated rings. The van der Waals surface area contributed by atoms with E-state index in [1.165, 1.54) is 51.4 Å². The second-order valence-corrected chi connectivity index (χ2v) is 4.12. The van der Waals surface area contributed by atoms with Crippen LogP contribution in [-0.4, -0.2) is 0 Å². The zero-order valence-corrected chi connectivity index (χ0v) is 9.65. The maximum Gasteiger partial charge on any atom is -0.0417 e. The first-order valence-electron chi connectivity index (χ1n) is 6.14. The van der Waals surface area contributed by atoms with Crippen LogP contribution in [0.15, 0.2) is 0 Å². The molecule has 0 heteroatoms. The van der Waals surface area contributed by atoms with E-state index in [0.29, 0.717) is 0 Å². The Hall–Kier alpha value is 0. The van der Waals surface area contributed by atoms with Gasteiger partial charge in [0.05, 0.1) is 0 Å². The fourth-order valence-electron chi connectivity index (χ4n) is 1.92. The predicted molar refractivity (Wildman–Crippen MR) is 61.7 cm³/mol. The fourth-order valence-corrected chi connectivity index (χ4v) is 1.92. The Morgan fingerprint density at radius 2 is 1.62 bits per heavy atom. The third kappa shape index (κ3) is 8.33. The molecule has 0 bridgehead atoms. The van der Waals surface area contributed by atoms with Crippen LogP contribution in [0.2, 0.25) is 0 Å². The minimum Gasteiger partial charge on any atom is -0.0654 e. The summed E-state index contributed by atoms with van der Waals surface area (Å²) in [7, 11) is 0. The second kappa shape index (κ2) is 10.1. The summed E-state index contributed by atoms with van der Waals surface area (Å²) < 4.78 is 0. The van der Waals surface area contributed by atoms with Crippen LogP contribution in [0.25, 0.3) is 0 Å². The van der Waals surface area contributed by atoms with E-state index in [2.05, 4.69) is 20.8 Å². The van der Waals surface area contributed by atoms with Gasteiger partial charge in [0.15, 0.2) is 0 Å². The minimum absolute atomic E-state index is 1.00. The lowest BCUT2D eigenvalue weighted by atomic mass is 9.94. The predicted octanol–water partition coefficient (Wildman–Crippen LogP) is 4.99. The molecule has 0 N–H and O–H groups in total. The zero-order valence-electron chi connectivity index (χ0n) is 9.65. The van der Waals surface area contributed by atoms with E-state index in [4.69, 9.17) is 0 Å². The van der Waals surface area contributed by atoms with E-state index in [0.717, 1.165) is 12.3 Å². The SMILES string of the molecule is [CH2]CCCCCCC(CC)CCC. The van der Waals surface area contributed by atoms with Gasteiger partial charge in [0.1, 0.15) is 0 Å². The molecule has 1 atom stereocenters. The van der Waals surface area contributed by atoms with Gasteiger partial charge in [-0.15, -0.1) is 0 Å². The first-order valence-corrected chi connectivity index (χ1v) is 6.14. The molecule has 0 aromatic rings. The van der Waals surface area contributed by atoms with Crippen LogP contribution in [0.5, 0.6) is 0 Å². The van der Waals surface area contributed by atoms with Crippen molar-refractivity contribution >= 4 is 0 Å². The number of rotatable bonds is 9. The van der Waals surface area contributed by atoms with E-state index in [1.54, 1.807) is 0 Å². The van der Waals surface area contributed by atoms with Gasteiger partial charge in [-0.2, -0.15) is 0 Å². The summed E-state index contributed by atoms with van der Waals surface area (Å²) in [6.45, 7) is 8.49. The van der Waals surface area contributed by atoms with Crippen LogP contribution < -0.4 is 0 Å². The third-order valence-corrected chi connectivity index (χ3v) is 2.89. The van der Waals surface area contributed by atoms with Gasteiger partial charge in [0, 0.05) is 0 Å². The van der Waals surface area contributed by atoms with Gasteiger partial charge in [0.2, 0.25) is 0 Å². The van der Waals surface area contributed by atoms with E-state index >= 15 is 0 Å². The molecule has 0 nitrogen and oxygen atoms in total. The minimum atomic E-state index is 1.00. The number of hydrogen-bond acceptors (Lipinski definition) is 0. The number of unbranched alkanes of at least 4 members (excludes halogenated alkanes) is 4. The van der Waals surface area contributed by atoms with Crippen molar-refractivity contribution in [3.8, 4) is 0 Å². The highest BCUT2D eigenvalue weighted by atomic mass is 14.1. The molecule has 0 spiro atoms. The van der Waals surface area contributed by atoms with Gasteiger partial charge < -0.3 is 0 Å². The largest absolute Gasteiger partial charge is 0.0654 e. The summed E-state index contributed by atoms with van der Waals surface area (Å²) in [6, 6.07) is 0. The molecule has 0 saturated heterocycles. The van der Waals surface area contributed by atoms with Crippen LogP contribution in [-0.2, 0) is 0 Å². The fraction of sp³-hybridized carbons (Fsp3) is 0.923. The average molecular weight is 183 g/mol. The molecular weight excluding hydrogens is 156 g/mol. The molecule has 79 valence electrons. The topological polar surface area (TPSA) is 0 Å². The lowest BCUT2D eigenvalue weighted by molar-refractivity contribution is 0.409. The molecule has 0 aromatic heterocycles. The van der Waals surface area contributed by atoms with Crippen LogP contribution in [0.1, 0.15) is 71.6 Å². The van der Waals surface area contributed by atoms with E-state index in [-0.39, 0.29) is 0 Å². The Morgan fingerprint density at radius 1 is 0.923 bits per heavy atom. The molecule has 1 radical (unpaired) electrons. The quantitative estimate of drug-likeness (QED) is 0.442. The molecule has 0 aliphatic heterocycles. The molecule has 0 saturated carbocycles. The van der Waals surface area contributed by atoms with E-state index in [9.17, 15) is 0 Å². The zero-order chi connectivity index (χ0) is 9.94. The molecule has 0 amide bonds. The molecule has 0 aliphatic rings. The maximum absolute atomic E-state index is 3.86. The lowest BCUT2D eigenvalue weighted by Gasteiger charge is -2.12. The van der Waals surface area contributed by atoms with Crippen molar-refractivity contribution in [2.45, 2.75) is 71.6 Å². The Morgan fingerprint density at radius 3 is 2.15 bits per heavy atom. The van der Waals surface area contributed by atoms with Crippen molar-refractivity contribution in [3.63, 3.8) is 0 Å². The van der Waals surface area contributed by atoms with Crippen LogP contribution >= 0.6 is 0 Å². The monoisotopic (exact) mass is 183 g/mol. The van der Waals surface area contributed by atoms with Crippen molar-refractivity contribution in [1.82, 2.24) is 0 Å². The van der Waals surface area contributed by atoms with Gasteiger partial charge in [-0.05, 0) is 5.92 Å².